The number of hydrogen-bond donors (Lipinski definition) is 2. The van der Waals surface area contributed by atoms with Gasteiger partial charge < -0.3 is 15.5 Å². The van der Waals surface area contributed by atoms with Gasteiger partial charge in [0.05, 0.1) is 6.04 Å². The zero-order valence-corrected chi connectivity index (χ0v) is 15.8. The molecule has 2 rings (SSSR count). The molecule has 1 saturated heterocycles. The summed E-state index contributed by atoms with van der Waals surface area (Å²) in [5.41, 5.74) is 2.64. The summed E-state index contributed by atoms with van der Waals surface area (Å²) >= 11 is 0. The van der Waals surface area contributed by atoms with E-state index in [9.17, 15) is 0 Å². The minimum Gasteiger partial charge on any atom is -0.356 e. The second-order valence-corrected chi connectivity index (χ2v) is 6.89. The van der Waals surface area contributed by atoms with E-state index in [4.69, 9.17) is 0 Å². The molecule has 4 nitrogen and oxygen atoms in total. The first kappa shape index (κ1) is 18.8. The number of benzene rings is 1. The van der Waals surface area contributed by atoms with Gasteiger partial charge in [-0.3, -0.25) is 4.99 Å². The molecular weight excluding hydrogens is 296 g/mol. The van der Waals surface area contributed by atoms with Crippen LogP contribution in [0.15, 0.2) is 29.3 Å². The molecule has 1 aliphatic heterocycles. The Morgan fingerprint density at radius 3 is 2.62 bits per heavy atom. The van der Waals surface area contributed by atoms with Crippen LogP contribution in [0.4, 0.5) is 0 Å². The van der Waals surface area contributed by atoms with Crippen LogP contribution in [0.1, 0.15) is 50.3 Å². The fourth-order valence-electron chi connectivity index (χ4n) is 3.54. The number of piperidine rings is 1. The Morgan fingerprint density at radius 1 is 1.29 bits per heavy atom. The quantitative estimate of drug-likeness (QED) is 0.621. The van der Waals surface area contributed by atoms with E-state index in [-0.39, 0.29) is 6.04 Å². The SMILES string of the molecule is CCN1CCC(CCNC(=NC)NC(C)c2ccccc2C)CC1. The van der Waals surface area contributed by atoms with Crippen molar-refractivity contribution in [3.63, 3.8) is 0 Å². The standard InChI is InChI=1S/C20H34N4/c1-5-24-14-11-18(12-15-24)10-13-22-20(21-4)23-17(3)19-9-7-6-8-16(19)2/h6-9,17-18H,5,10-15H2,1-4H3,(H2,21,22,23). The molecule has 1 heterocycles. The zero-order chi connectivity index (χ0) is 17.4. The second kappa shape index (κ2) is 9.67. The van der Waals surface area contributed by atoms with Gasteiger partial charge in [0.25, 0.3) is 0 Å². The number of rotatable bonds is 6. The molecule has 2 N–H and O–H groups in total. The smallest absolute Gasteiger partial charge is 0.191 e. The van der Waals surface area contributed by atoms with Crippen molar-refractivity contribution >= 4 is 5.96 Å². The van der Waals surface area contributed by atoms with Crippen molar-refractivity contribution in [3.05, 3.63) is 35.4 Å². The largest absolute Gasteiger partial charge is 0.356 e. The van der Waals surface area contributed by atoms with E-state index in [1.54, 1.807) is 0 Å². The predicted molar refractivity (Wildman–Crippen MR) is 104 cm³/mol. The molecule has 0 aromatic heterocycles. The van der Waals surface area contributed by atoms with Crippen LogP contribution in [0.3, 0.4) is 0 Å². The van der Waals surface area contributed by atoms with Gasteiger partial charge in [-0.1, -0.05) is 31.2 Å². The summed E-state index contributed by atoms with van der Waals surface area (Å²) in [6.45, 7) is 11.3. The summed E-state index contributed by atoms with van der Waals surface area (Å²) in [6.07, 6.45) is 3.90. The lowest BCUT2D eigenvalue weighted by Crippen LogP contribution is -2.40. The van der Waals surface area contributed by atoms with Crippen LogP contribution in [0.2, 0.25) is 0 Å². The van der Waals surface area contributed by atoms with Crippen molar-refractivity contribution in [2.24, 2.45) is 10.9 Å². The van der Waals surface area contributed by atoms with Gasteiger partial charge in [-0.05, 0) is 69.8 Å². The molecule has 1 atom stereocenters. The zero-order valence-electron chi connectivity index (χ0n) is 15.8. The van der Waals surface area contributed by atoms with Crippen LogP contribution in [-0.2, 0) is 0 Å². The monoisotopic (exact) mass is 330 g/mol. The summed E-state index contributed by atoms with van der Waals surface area (Å²) in [5, 5.41) is 7.00. The number of aryl methyl sites for hydroxylation is 1. The van der Waals surface area contributed by atoms with E-state index in [1.807, 2.05) is 7.05 Å². The van der Waals surface area contributed by atoms with Gasteiger partial charge in [0, 0.05) is 13.6 Å². The number of aliphatic imine (C=N–C) groups is 1. The summed E-state index contributed by atoms with van der Waals surface area (Å²) < 4.78 is 0. The van der Waals surface area contributed by atoms with Crippen LogP contribution in [0.5, 0.6) is 0 Å². The molecule has 0 spiro atoms. The van der Waals surface area contributed by atoms with E-state index in [1.165, 1.54) is 50.0 Å². The highest BCUT2D eigenvalue weighted by Crippen LogP contribution is 2.20. The molecule has 0 bridgehead atoms. The van der Waals surface area contributed by atoms with E-state index in [0.717, 1.165) is 18.4 Å². The highest BCUT2D eigenvalue weighted by Gasteiger charge is 2.17. The number of nitrogens with zero attached hydrogens (tertiary/aromatic N) is 2. The molecule has 1 unspecified atom stereocenters. The normalized spacial score (nSPS) is 18.4. The fraction of sp³-hybridized carbons (Fsp3) is 0.650. The average Bonchev–Trinajstić information content (AvgIpc) is 2.61. The van der Waals surface area contributed by atoms with Crippen LogP contribution >= 0.6 is 0 Å². The number of likely N-dealkylation sites (tertiary alicyclic amines) is 1. The molecule has 24 heavy (non-hydrogen) atoms. The summed E-state index contributed by atoms with van der Waals surface area (Å²) in [4.78, 5) is 6.93. The van der Waals surface area contributed by atoms with Gasteiger partial charge in [0.1, 0.15) is 0 Å². The summed E-state index contributed by atoms with van der Waals surface area (Å²) in [7, 11) is 1.85. The lowest BCUT2D eigenvalue weighted by atomic mass is 9.93. The van der Waals surface area contributed by atoms with E-state index < -0.39 is 0 Å². The third-order valence-electron chi connectivity index (χ3n) is 5.23. The molecule has 0 amide bonds. The molecule has 0 saturated carbocycles. The van der Waals surface area contributed by atoms with Crippen molar-refractivity contribution < 1.29 is 0 Å². The van der Waals surface area contributed by atoms with Crippen molar-refractivity contribution in [1.82, 2.24) is 15.5 Å². The first-order valence-electron chi connectivity index (χ1n) is 9.39. The maximum atomic E-state index is 4.38. The lowest BCUT2D eigenvalue weighted by molar-refractivity contribution is 0.187. The van der Waals surface area contributed by atoms with E-state index in [2.05, 4.69) is 65.6 Å². The van der Waals surface area contributed by atoms with Crippen molar-refractivity contribution in [2.45, 2.75) is 46.1 Å². The minimum atomic E-state index is 0.255. The van der Waals surface area contributed by atoms with Gasteiger partial charge in [-0.25, -0.2) is 0 Å². The first-order chi connectivity index (χ1) is 11.6. The third-order valence-corrected chi connectivity index (χ3v) is 5.23. The molecular formula is C20H34N4. The first-order valence-corrected chi connectivity index (χ1v) is 9.39. The molecule has 1 fully saturated rings. The van der Waals surface area contributed by atoms with Crippen LogP contribution in [-0.4, -0.2) is 44.1 Å². The fourth-order valence-corrected chi connectivity index (χ4v) is 3.54. The molecule has 4 heteroatoms. The van der Waals surface area contributed by atoms with Crippen molar-refractivity contribution in [2.75, 3.05) is 33.2 Å². The van der Waals surface area contributed by atoms with Gasteiger partial charge in [0.2, 0.25) is 0 Å². The Morgan fingerprint density at radius 2 is 2.00 bits per heavy atom. The maximum Gasteiger partial charge on any atom is 0.191 e. The average molecular weight is 331 g/mol. The molecule has 134 valence electrons. The van der Waals surface area contributed by atoms with E-state index >= 15 is 0 Å². The van der Waals surface area contributed by atoms with E-state index in [0.29, 0.717) is 0 Å². The Bertz CT molecular complexity index is 518. The predicted octanol–water partition coefficient (Wildman–Crippen LogP) is 3.34. The number of hydrogen-bond acceptors (Lipinski definition) is 2. The molecule has 0 radical (unpaired) electrons. The highest BCUT2D eigenvalue weighted by molar-refractivity contribution is 5.80. The topological polar surface area (TPSA) is 39.7 Å². The van der Waals surface area contributed by atoms with Gasteiger partial charge in [0.15, 0.2) is 5.96 Å². The molecule has 0 aliphatic carbocycles. The summed E-state index contributed by atoms with van der Waals surface area (Å²) in [6, 6.07) is 8.78. The third kappa shape index (κ3) is 5.52. The Hall–Kier alpha value is -1.55. The highest BCUT2D eigenvalue weighted by atomic mass is 15.2. The lowest BCUT2D eigenvalue weighted by Gasteiger charge is -2.31. The Balaban J connectivity index is 1.74. The molecule has 1 aromatic rings. The van der Waals surface area contributed by atoms with Crippen molar-refractivity contribution in [1.29, 1.82) is 0 Å². The van der Waals surface area contributed by atoms with Gasteiger partial charge >= 0.3 is 0 Å². The Kier molecular flexibility index (Phi) is 7.57. The van der Waals surface area contributed by atoms with Gasteiger partial charge in [-0.2, -0.15) is 0 Å². The van der Waals surface area contributed by atoms with Crippen LogP contribution in [0, 0.1) is 12.8 Å². The van der Waals surface area contributed by atoms with Gasteiger partial charge in [-0.15, -0.1) is 0 Å². The summed E-state index contributed by atoms with van der Waals surface area (Å²) in [5.74, 6) is 1.75. The maximum absolute atomic E-state index is 4.38. The number of nitrogens with one attached hydrogen (secondary N) is 2. The molecule has 1 aromatic carbocycles. The van der Waals surface area contributed by atoms with Crippen LogP contribution in [0.25, 0.3) is 0 Å². The second-order valence-electron chi connectivity index (χ2n) is 6.89. The minimum absolute atomic E-state index is 0.255. The Labute approximate surface area is 147 Å². The van der Waals surface area contributed by atoms with Crippen LogP contribution < -0.4 is 10.6 Å². The van der Waals surface area contributed by atoms with Crippen molar-refractivity contribution in [3.8, 4) is 0 Å². The molecule has 1 aliphatic rings. The number of guanidine groups is 1.